The molecule has 0 aliphatic carbocycles. The van der Waals surface area contributed by atoms with E-state index in [0.717, 1.165) is 4.81 Å². The molecule has 1 aromatic rings. The number of hydrogen-bond donors (Lipinski definition) is 4. The number of hydrazine groups is 1. The number of anilines is 1. The maximum Gasteiger partial charge on any atom is 0.437 e. The number of nitrogen functional groups attached to an aromatic ring is 1. The summed E-state index contributed by atoms with van der Waals surface area (Å²) in [6, 6.07) is 6.59. The van der Waals surface area contributed by atoms with Crippen LogP contribution in [0.1, 0.15) is 32.3 Å². The number of amides is 2. The molecule has 27 heavy (non-hydrogen) atoms. The maximum absolute atomic E-state index is 11.7. The normalized spacial score (nSPS) is 10.8. The predicted molar refractivity (Wildman–Crippen MR) is 98.2 cm³/mol. The van der Waals surface area contributed by atoms with Gasteiger partial charge in [0.05, 0.1) is 36.9 Å². The van der Waals surface area contributed by atoms with Gasteiger partial charge < -0.3 is 15.8 Å². The second kappa shape index (κ2) is 11.3. The van der Waals surface area contributed by atoms with E-state index >= 15 is 0 Å². The number of rotatable bonds is 10. The van der Waals surface area contributed by atoms with Gasteiger partial charge in [-0.3, -0.25) is 15.0 Å². The molecule has 0 unspecified atom stereocenters. The van der Waals surface area contributed by atoms with Gasteiger partial charge in [-0.1, -0.05) is 0 Å². The molecule has 1 rings (SSSR count). The molecule has 10 nitrogen and oxygen atoms in total. The number of carbonyl (C=O) groups excluding carboxylic acids is 3. The lowest BCUT2D eigenvalue weighted by Gasteiger charge is -2.04. The fourth-order valence-electron chi connectivity index (χ4n) is 1.94. The van der Waals surface area contributed by atoms with Crippen LogP contribution >= 0.6 is 0 Å². The van der Waals surface area contributed by atoms with Crippen molar-refractivity contribution in [1.82, 2.24) is 5.32 Å². The van der Waals surface area contributed by atoms with E-state index in [4.69, 9.17) is 15.9 Å². The standard InChI is InChI=1S/C17H24N6O4/c1-3-27-16(26)9-10-20-15(25)8-11-21-23(12(2)24)22-14-6-4-13(5-7-14)17(18)19/h4-7H,3,8-11H2,1-2H3,(H4-,18,19,20,21,22,25)/p+1. The number of amidine groups is 1. The number of hydrogen-bond acceptors (Lipinski definition) is 6. The molecule has 0 aliphatic rings. The molecular weight excluding hydrogens is 352 g/mol. The lowest BCUT2D eigenvalue weighted by Crippen LogP contribution is -2.28. The van der Waals surface area contributed by atoms with Crippen LogP contribution in [0.15, 0.2) is 29.4 Å². The molecule has 5 N–H and O–H groups in total. The lowest BCUT2D eigenvalue weighted by molar-refractivity contribution is -0.484. The molecule has 0 spiro atoms. The molecular formula is C17H25N6O4+. The van der Waals surface area contributed by atoms with Crippen molar-refractivity contribution in [2.75, 3.05) is 25.1 Å². The molecule has 0 heterocycles. The van der Waals surface area contributed by atoms with Crippen molar-refractivity contribution in [3.63, 3.8) is 0 Å². The largest absolute Gasteiger partial charge is 0.466 e. The smallest absolute Gasteiger partial charge is 0.437 e. The summed E-state index contributed by atoms with van der Waals surface area (Å²) < 4.78 is 4.76. The zero-order valence-electron chi connectivity index (χ0n) is 15.4. The molecule has 0 fully saturated rings. The summed E-state index contributed by atoms with van der Waals surface area (Å²) in [5.41, 5.74) is 9.34. The Balaban J connectivity index is 2.49. The van der Waals surface area contributed by atoms with Crippen molar-refractivity contribution in [3.8, 4) is 0 Å². The molecule has 0 saturated heterocycles. The Morgan fingerprint density at radius 3 is 2.44 bits per heavy atom. The first-order chi connectivity index (χ1) is 12.8. The van der Waals surface area contributed by atoms with Gasteiger partial charge in [-0.15, -0.1) is 5.43 Å². The lowest BCUT2D eigenvalue weighted by atomic mass is 10.2. The molecule has 0 bridgehead atoms. The summed E-state index contributed by atoms with van der Waals surface area (Å²) in [5, 5.41) is 14.0. The Morgan fingerprint density at radius 2 is 1.89 bits per heavy atom. The third-order valence-electron chi connectivity index (χ3n) is 3.27. The fourth-order valence-corrected chi connectivity index (χ4v) is 1.94. The van der Waals surface area contributed by atoms with Crippen molar-refractivity contribution in [2.45, 2.75) is 26.7 Å². The van der Waals surface area contributed by atoms with Crippen LogP contribution in [0, 0.1) is 5.41 Å². The summed E-state index contributed by atoms with van der Waals surface area (Å²) >= 11 is 0. The Kier molecular flexibility index (Phi) is 9.13. The topological polar surface area (TPSA) is 150 Å². The van der Waals surface area contributed by atoms with Crippen LogP contribution in [0.25, 0.3) is 0 Å². The monoisotopic (exact) mass is 377 g/mol. The van der Waals surface area contributed by atoms with Crippen LogP contribution in [0.2, 0.25) is 0 Å². The zero-order valence-corrected chi connectivity index (χ0v) is 15.4. The minimum absolute atomic E-state index is 0.0522. The summed E-state index contributed by atoms with van der Waals surface area (Å²) in [6.45, 7) is 3.62. The number of esters is 1. The molecule has 0 saturated carbocycles. The summed E-state index contributed by atoms with van der Waals surface area (Å²) in [5.74, 6) is -1.06. The third-order valence-corrected chi connectivity index (χ3v) is 3.27. The van der Waals surface area contributed by atoms with Crippen LogP contribution in [0.5, 0.6) is 0 Å². The first kappa shape index (κ1) is 21.7. The van der Waals surface area contributed by atoms with E-state index in [1.807, 2.05) is 0 Å². The highest BCUT2D eigenvalue weighted by molar-refractivity contribution is 5.95. The molecule has 10 heteroatoms. The van der Waals surface area contributed by atoms with Gasteiger partial charge in [0.2, 0.25) is 5.91 Å². The van der Waals surface area contributed by atoms with Gasteiger partial charge in [0.25, 0.3) is 0 Å². The van der Waals surface area contributed by atoms with E-state index < -0.39 is 0 Å². The Bertz CT molecular complexity index is 715. The molecule has 0 atom stereocenters. The van der Waals surface area contributed by atoms with Gasteiger partial charge in [-0.05, 0) is 36.3 Å². The summed E-state index contributed by atoms with van der Waals surface area (Å²) in [4.78, 5) is 35.6. The van der Waals surface area contributed by atoms with E-state index in [0.29, 0.717) is 17.9 Å². The van der Waals surface area contributed by atoms with E-state index in [-0.39, 0.29) is 49.6 Å². The minimum atomic E-state index is -0.370. The van der Waals surface area contributed by atoms with Crippen molar-refractivity contribution in [2.24, 2.45) is 10.8 Å². The van der Waals surface area contributed by atoms with Crippen LogP contribution < -0.4 is 16.5 Å². The van der Waals surface area contributed by atoms with Gasteiger partial charge in [-0.25, -0.2) is 4.79 Å². The molecule has 146 valence electrons. The molecule has 2 amide bonds. The fraction of sp³-hybridized carbons (Fsp3) is 0.412. The molecule has 0 radical (unpaired) electrons. The zero-order chi connectivity index (χ0) is 20.2. The van der Waals surface area contributed by atoms with E-state index in [1.165, 1.54) is 6.92 Å². The molecule has 1 aromatic carbocycles. The Morgan fingerprint density at radius 1 is 1.22 bits per heavy atom. The van der Waals surface area contributed by atoms with Gasteiger partial charge in [0.1, 0.15) is 12.4 Å². The number of azo groups is 1. The average molecular weight is 377 g/mol. The highest BCUT2D eigenvalue weighted by Gasteiger charge is 2.15. The minimum Gasteiger partial charge on any atom is -0.466 e. The highest BCUT2D eigenvalue weighted by Crippen LogP contribution is 2.09. The number of benzene rings is 1. The first-order valence-corrected chi connectivity index (χ1v) is 8.45. The van der Waals surface area contributed by atoms with Gasteiger partial charge in [0, 0.05) is 12.1 Å². The van der Waals surface area contributed by atoms with Crippen LogP contribution in [0.3, 0.4) is 0 Å². The average Bonchev–Trinajstić information content (AvgIpc) is 2.61. The number of carbonyl (C=O) groups is 3. The van der Waals surface area contributed by atoms with E-state index in [1.54, 1.807) is 31.2 Å². The van der Waals surface area contributed by atoms with Gasteiger partial charge >= 0.3 is 11.9 Å². The number of nitrogens with one attached hydrogen (secondary N) is 3. The van der Waals surface area contributed by atoms with Crippen molar-refractivity contribution >= 4 is 29.3 Å². The van der Waals surface area contributed by atoms with Crippen molar-refractivity contribution < 1.29 is 23.9 Å². The quantitative estimate of drug-likeness (QED) is 0.118. The Labute approximate surface area is 157 Å². The van der Waals surface area contributed by atoms with Gasteiger partial charge in [-0.2, -0.15) is 0 Å². The number of nitrogens with zero attached hydrogens (tertiary/aromatic N) is 2. The second-order valence-electron chi connectivity index (χ2n) is 5.45. The first-order valence-electron chi connectivity index (χ1n) is 8.45. The Hall–Kier alpha value is -3.30. The summed E-state index contributed by atoms with van der Waals surface area (Å²) in [6.07, 6.45) is 0.172. The van der Waals surface area contributed by atoms with Gasteiger partial charge in [0.15, 0.2) is 0 Å². The van der Waals surface area contributed by atoms with E-state index in [9.17, 15) is 14.4 Å². The number of ether oxygens (including phenoxy) is 1. The molecule has 0 aliphatic heterocycles. The highest BCUT2D eigenvalue weighted by atomic mass is 16.5. The van der Waals surface area contributed by atoms with E-state index in [2.05, 4.69) is 15.9 Å². The molecule has 0 aromatic heterocycles. The number of nitrogens with two attached hydrogens (primary N) is 1. The SMILES string of the molecule is CCOC(=O)CCNC(=O)CCN=[N+](Nc1ccc(C(=N)N)cc1)C(C)=O. The van der Waals surface area contributed by atoms with Crippen molar-refractivity contribution in [1.29, 1.82) is 5.41 Å². The van der Waals surface area contributed by atoms with Crippen molar-refractivity contribution in [3.05, 3.63) is 29.8 Å². The van der Waals surface area contributed by atoms with Crippen LogP contribution in [0.4, 0.5) is 5.69 Å². The predicted octanol–water partition coefficient (Wildman–Crippen LogP) is 0.768. The van der Waals surface area contributed by atoms with Crippen LogP contribution in [-0.4, -0.2) is 48.1 Å². The summed E-state index contributed by atoms with van der Waals surface area (Å²) in [7, 11) is 0. The van der Waals surface area contributed by atoms with Crippen LogP contribution in [-0.2, 0) is 19.1 Å². The maximum atomic E-state index is 11.7. The third kappa shape index (κ3) is 8.56. The second-order valence-corrected chi connectivity index (χ2v) is 5.45.